The second-order valence-corrected chi connectivity index (χ2v) is 9.87. The Morgan fingerprint density at radius 2 is 1.86 bits per heavy atom. The molecule has 35 heavy (non-hydrogen) atoms. The zero-order valence-corrected chi connectivity index (χ0v) is 19.5. The molecule has 0 unspecified atom stereocenters. The van der Waals surface area contributed by atoms with Gasteiger partial charge in [-0.15, -0.1) is 0 Å². The van der Waals surface area contributed by atoms with Crippen molar-refractivity contribution in [2.45, 2.75) is 44.3 Å². The van der Waals surface area contributed by atoms with Gasteiger partial charge in [-0.25, -0.2) is 0 Å². The molecule has 1 aromatic carbocycles. The third kappa shape index (κ3) is 4.09. The van der Waals surface area contributed by atoms with Gasteiger partial charge >= 0.3 is 6.18 Å². The summed E-state index contributed by atoms with van der Waals surface area (Å²) in [6.07, 6.45) is 2.46. The molecular weight excluding hydrogens is 457 g/mol. The van der Waals surface area contributed by atoms with Crippen molar-refractivity contribution in [1.29, 1.82) is 5.26 Å². The van der Waals surface area contributed by atoms with E-state index in [4.69, 9.17) is 4.74 Å². The molecule has 1 aromatic heterocycles. The summed E-state index contributed by atoms with van der Waals surface area (Å²) in [5, 5.41) is 9.33. The number of carbonyl (C=O) groups excluding carboxylic acids is 1. The Bertz CT molecular complexity index is 1130. The number of methoxy groups -OCH3 is 1. The van der Waals surface area contributed by atoms with E-state index in [-0.39, 0.29) is 23.3 Å². The van der Waals surface area contributed by atoms with Crippen molar-refractivity contribution in [3.63, 3.8) is 0 Å². The number of likely N-dealkylation sites (tertiary alicyclic amines) is 1. The molecule has 2 bridgehead atoms. The first-order chi connectivity index (χ1) is 16.8. The summed E-state index contributed by atoms with van der Waals surface area (Å²) in [7, 11) is 1.55. The first-order valence-corrected chi connectivity index (χ1v) is 11.9. The summed E-state index contributed by atoms with van der Waals surface area (Å²) < 4.78 is 45.0. The van der Waals surface area contributed by atoms with Crippen LogP contribution in [0.4, 0.5) is 24.5 Å². The fourth-order valence-electron chi connectivity index (χ4n) is 6.14. The van der Waals surface area contributed by atoms with Crippen LogP contribution in [0, 0.1) is 28.6 Å². The first kappa shape index (κ1) is 23.5. The number of anilines is 2. The number of alkyl halides is 3. The summed E-state index contributed by atoms with van der Waals surface area (Å²) in [4.78, 5) is 21.5. The van der Waals surface area contributed by atoms with Crippen LogP contribution < -0.4 is 9.64 Å². The Kier molecular flexibility index (Phi) is 5.86. The topological polar surface area (TPSA) is 69.5 Å². The monoisotopic (exact) mass is 484 g/mol. The van der Waals surface area contributed by atoms with E-state index in [0.717, 1.165) is 25.0 Å². The highest BCUT2D eigenvalue weighted by Crippen LogP contribution is 2.62. The van der Waals surface area contributed by atoms with Crippen molar-refractivity contribution < 1.29 is 22.7 Å². The van der Waals surface area contributed by atoms with E-state index in [9.17, 15) is 23.2 Å². The van der Waals surface area contributed by atoms with Crippen molar-refractivity contribution >= 4 is 17.3 Å². The molecule has 3 saturated carbocycles. The maximum atomic E-state index is 13.3. The van der Waals surface area contributed by atoms with Gasteiger partial charge < -0.3 is 14.5 Å². The summed E-state index contributed by atoms with van der Waals surface area (Å²) in [6.45, 7) is 1.12. The highest BCUT2D eigenvalue weighted by molar-refractivity contribution is 5.85. The SMILES string of the molecule is COc1ccncc1N(c1ccc(C(F)(F)F)cc1)C1CCN(C(=O)C23CC(C2)[C@@H](C#N)C3)CC1. The molecule has 1 amide bonds. The first-order valence-electron chi connectivity index (χ1n) is 11.9. The van der Waals surface area contributed by atoms with Crippen molar-refractivity contribution in [2.24, 2.45) is 17.3 Å². The van der Waals surface area contributed by atoms with Crippen molar-refractivity contribution in [3.8, 4) is 11.8 Å². The fourth-order valence-corrected chi connectivity index (χ4v) is 6.14. The molecule has 184 valence electrons. The van der Waals surface area contributed by atoms with Crippen LogP contribution in [0.5, 0.6) is 5.75 Å². The number of hydrogen-bond donors (Lipinski definition) is 0. The summed E-state index contributed by atoms with van der Waals surface area (Å²) in [5.41, 5.74) is 0.220. The van der Waals surface area contributed by atoms with Gasteiger partial charge in [0.25, 0.3) is 0 Å². The molecule has 4 aliphatic rings. The number of amides is 1. The Morgan fingerprint density at radius 1 is 1.17 bits per heavy atom. The average Bonchev–Trinajstić information content (AvgIpc) is 3.41. The number of benzene rings is 1. The number of hydrogen-bond acceptors (Lipinski definition) is 5. The molecule has 0 radical (unpaired) electrons. The van der Waals surface area contributed by atoms with Crippen LogP contribution in [0.3, 0.4) is 0 Å². The zero-order chi connectivity index (χ0) is 24.8. The minimum atomic E-state index is -4.41. The Morgan fingerprint density at radius 3 is 2.43 bits per heavy atom. The maximum Gasteiger partial charge on any atom is 0.416 e. The normalized spacial score (nSPS) is 26.1. The Labute approximate surface area is 202 Å². The molecule has 2 aromatic rings. The third-order valence-corrected chi connectivity index (χ3v) is 7.94. The number of carbonyl (C=O) groups is 1. The lowest BCUT2D eigenvalue weighted by Gasteiger charge is -2.45. The van der Waals surface area contributed by atoms with Crippen LogP contribution in [0.2, 0.25) is 0 Å². The van der Waals surface area contributed by atoms with Gasteiger partial charge in [0.15, 0.2) is 0 Å². The number of aromatic nitrogens is 1. The molecule has 2 heterocycles. The lowest BCUT2D eigenvalue weighted by atomic mass is 9.68. The summed E-state index contributed by atoms with van der Waals surface area (Å²) in [5.74, 6) is 1.08. The van der Waals surface area contributed by atoms with E-state index >= 15 is 0 Å². The van der Waals surface area contributed by atoms with Crippen LogP contribution in [0.25, 0.3) is 0 Å². The number of rotatable bonds is 5. The van der Waals surface area contributed by atoms with Crippen molar-refractivity contribution in [1.82, 2.24) is 9.88 Å². The van der Waals surface area contributed by atoms with Gasteiger partial charge in [0.1, 0.15) is 11.4 Å². The number of fused-ring (bicyclic) bond motifs is 1. The molecule has 6 rings (SSSR count). The Hall–Kier alpha value is -3.28. The van der Waals surface area contributed by atoms with Crippen LogP contribution in [0.15, 0.2) is 42.7 Å². The molecule has 1 aliphatic heterocycles. The minimum absolute atomic E-state index is 0.00954. The number of ether oxygens (including phenoxy) is 1. The summed E-state index contributed by atoms with van der Waals surface area (Å²) >= 11 is 0. The van der Waals surface area contributed by atoms with E-state index in [1.807, 2.05) is 9.80 Å². The molecule has 3 aliphatic carbocycles. The molecule has 0 spiro atoms. The second kappa shape index (κ2) is 8.74. The number of nitriles is 1. The molecular formula is C26H27F3N4O2. The predicted molar refractivity (Wildman–Crippen MR) is 123 cm³/mol. The highest BCUT2D eigenvalue weighted by Gasteiger charge is 2.61. The van der Waals surface area contributed by atoms with Crippen LogP contribution >= 0.6 is 0 Å². The fraction of sp³-hybridized carbons (Fsp3) is 0.500. The van der Waals surface area contributed by atoms with Gasteiger partial charge in [0, 0.05) is 37.1 Å². The minimum Gasteiger partial charge on any atom is -0.494 e. The molecule has 6 nitrogen and oxygen atoms in total. The number of nitrogens with zero attached hydrogens (tertiary/aromatic N) is 4. The lowest BCUT2D eigenvalue weighted by molar-refractivity contribution is -0.147. The van der Waals surface area contributed by atoms with Gasteiger partial charge in [-0.05, 0) is 62.3 Å². The standard InChI is InChI=1S/C26H27F3N4O2/c1-35-23-6-9-31-16-22(23)33(20-4-2-19(3-5-20)26(27,28)29)21-7-10-32(11-8-21)24(34)25-12-17(13-25)18(14-25)15-30/h2-6,9,16-18,21H,7-8,10-14H2,1H3/t17?,18-,25?/m1/s1. The van der Waals surface area contributed by atoms with Gasteiger partial charge in [-0.2, -0.15) is 18.4 Å². The van der Waals surface area contributed by atoms with Crippen LogP contribution in [-0.2, 0) is 11.0 Å². The number of piperidine rings is 1. The second-order valence-electron chi connectivity index (χ2n) is 9.87. The molecule has 1 atom stereocenters. The van der Waals surface area contributed by atoms with Gasteiger partial charge in [-0.1, -0.05) is 0 Å². The predicted octanol–water partition coefficient (Wildman–Crippen LogP) is 5.18. The van der Waals surface area contributed by atoms with Crippen molar-refractivity contribution in [2.75, 3.05) is 25.1 Å². The quantitative estimate of drug-likeness (QED) is 0.585. The van der Waals surface area contributed by atoms with E-state index in [1.165, 1.54) is 12.1 Å². The number of pyridine rings is 1. The van der Waals surface area contributed by atoms with E-state index in [1.54, 1.807) is 25.6 Å². The lowest BCUT2D eigenvalue weighted by Crippen LogP contribution is -2.52. The molecule has 1 saturated heterocycles. The zero-order valence-electron chi connectivity index (χ0n) is 19.5. The summed E-state index contributed by atoms with van der Waals surface area (Å²) in [6, 6.07) is 9.15. The van der Waals surface area contributed by atoms with E-state index in [0.29, 0.717) is 55.4 Å². The van der Waals surface area contributed by atoms with Gasteiger partial charge in [0.2, 0.25) is 5.91 Å². The van der Waals surface area contributed by atoms with E-state index < -0.39 is 11.7 Å². The van der Waals surface area contributed by atoms with Crippen LogP contribution in [-0.4, -0.2) is 42.0 Å². The number of halogens is 3. The van der Waals surface area contributed by atoms with Crippen LogP contribution in [0.1, 0.15) is 37.7 Å². The molecule has 0 N–H and O–H groups in total. The van der Waals surface area contributed by atoms with E-state index in [2.05, 4.69) is 11.1 Å². The third-order valence-electron chi connectivity index (χ3n) is 7.94. The smallest absolute Gasteiger partial charge is 0.416 e. The maximum absolute atomic E-state index is 13.3. The Balaban J connectivity index is 1.37. The average molecular weight is 485 g/mol. The van der Waals surface area contributed by atoms with Gasteiger partial charge in [0.05, 0.1) is 36.3 Å². The highest BCUT2D eigenvalue weighted by atomic mass is 19.4. The van der Waals surface area contributed by atoms with Gasteiger partial charge in [-0.3, -0.25) is 9.78 Å². The largest absolute Gasteiger partial charge is 0.494 e. The molecule has 9 heteroatoms. The molecule has 4 fully saturated rings. The van der Waals surface area contributed by atoms with Crippen molar-refractivity contribution in [3.05, 3.63) is 48.3 Å².